The Morgan fingerprint density at radius 3 is 2.29 bits per heavy atom. The van der Waals surface area contributed by atoms with Crippen LogP contribution in [0.25, 0.3) is 0 Å². The van der Waals surface area contributed by atoms with Gasteiger partial charge < -0.3 is 10.8 Å². The van der Waals surface area contributed by atoms with E-state index in [1.807, 2.05) is 0 Å². The smallest absolute Gasteiger partial charge is 0.335 e. The Labute approximate surface area is 130 Å². The number of benzene rings is 1. The van der Waals surface area contributed by atoms with Crippen molar-refractivity contribution in [3.63, 3.8) is 0 Å². The summed E-state index contributed by atoms with van der Waals surface area (Å²) in [5.41, 5.74) is 3.77. The van der Waals surface area contributed by atoms with Gasteiger partial charge in [-0.15, -0.1) is 0 Å². The molecule has 0 fully saturated rings. The van der Waals surface area contributed by atoms with Gasteiger partial charge in [0.15, 0.2) is 0 Å². The van der Waals surface area contributed by atoms with Crippen molar-refractivity contribution >= 4 is 37.8 Å². The van der Waals surface area contributed by atoms with Crippen molar-refractivity contribution in [2.75, 3.05) is 0 Å². The number of nitrogens with two attached hydrogens (primary N) is 1. The summed E-state index contributed by atoms with van der Waals surface area (Å²) in [5.74, 6) is -2.11. The summed E-state index contributed by atoms with van der Waals surface area (Å²) in [6, 6.07) is 2.33. The van der Waals surface area contributed by atoms with Crippen molar-refractivity contribution in [1.82, 2.24) is 4.72 Å². The number of carbonyl (C=O) groups excluding carboxylic acids is 1. The van der Waals surface area contributed by atoms with E-state index in [4.69, 9.17) is 10.8 Å². The Bertz CT molecular complexity index is 713. The number of hydrogen-bond donors (Lipinski definition) is 3. The number of hydrogen-bond acceptors (Lipinski definition) is 4. The number of carbonyl (C=O) groups is 2. The number of halogens is 1. The van der Waals surface area contributed by atoms with Gasteiger partial charge in [-0.1, -0.05) is 15.9 Å². The number of amides is 1. The van der Waals surface area contributed by atoms with Crippen molar-refractivity contribution in [3.8, 4) is 0 Å². The van der Waals surface area contributed by atoms with Crippen LogP contribution in [0.2, 0.25) is 0 Å². The third-order valence-corrected chi connectivity index (χ3v) is 5.44. The quantitative estimate of drug-likeness (QED) is 0.704. The molecule has 0 heterocycles. The van der Waals surface area contributed by atoms with Gasteiger partial charge in [-0.05, 0) is 38.5 Å². The van der Waals surface area contributed by atoms with E-state index < -0.39 is 27.4 Å². The molecule has 0 radical (unpaired) electrons. The summed E-state index contributed by atoms with van der Waals surface area (Å²) in [6.45, 7) is 4.15. The third-order valence-electron chi connectivity index (χ3n) is 2.84. The molecule has 0 atom stereocenters. The zero-order valence-corrected chi connectivity index (χ0v) is 14.0. The van der Waals surface area contributed by atoms with Crippen LogP contribution in [0.3, 0.4) is 0 Å². The molecule has 0 unspecified atom stereocenters. The molecule has 0 saturated heterocycles. The molecular weight excluding hydrogens is 364 g/mol. The van der Waals surface area contributed by atoms with Gasteiger partial charge in [0.05, 0.1) is 10.5 Å². The Kier molecular flexibility index (Phi) is 4.81. The van der Waals surface area contributed by atoms with E-state index in [0.29, 0.717) is 10.0 Å². The fourth-order valence-corrected chi connectivity index (χ4v) is 3.77. The first-order valence-corrected chi connectivity index (χ1v) is 8.03. The highest BCUT2D eigenvalue weighted by molar-refractivity contribution is 9.10. The number of carboxylic acids is 1. The summed E-state index contributed by atoms with van der Waals surface area (Å²) in [7, 11) is -4.12. The molecule has 1 aromatic carbocycles. The Morgan fingerprint density at radius 2 is 1.86 bits per heavy atom. The Morgan fingerprint density at radius 1 is 1.33 bits per heavy atom. The highest BCUT2D eigenvalue weighted by Gasteiger charge is 2.32. The molecule has 0 spiro atoms. The summed E-state index contributed by atoms with van der Waals surface area (Å²) in [5, 5.41) is 9.00. The van der Waals surface area contributed by atoms with Crippen molar-refractivity contribution in [2.24, 2.45) is 5.73 Å². The van der Waals surface area contributed by atoms with Crippen LogP contribution in [0, 0.1) is 6.92 Å². The fraction of sp³-hybridized carbons (Fsp3) is 0.333. The first kappa shape index (κ1) is 17.6. The largest absolute Gasteiger partial charge is 0.478 e. The van der Waals surface area contributed by atoms with Gasteiger partial charge in [0, 0.05) is 4.47 Å². The minimum Gasteiger partial charge on any atom is -0.478 e. The molecule has 1 aromatic rings. The molecule has 7 nitrogen and oxygen atoms in total. The molecule has 0 aliphatic carbocycles. The van der Waals surface area contributed by atoms with Crippen LogP contribution in [0.15, 0.2) is 21.5 Å². The molecule has 0 saturated carbocycles. The normalized spacial score (nSPS) is 12.2. The van der Waals surface area contributed by atoms with Crippen molar-refractivity contribution < 1.29 is 23.1 Å². The topological polar surface area (TPSA) is 127 Å². The minimum atomic E-state index is -4.12. The summed E-state index contributed by atoms with van der Waals surface area (Å²) < 4.78 is 27.2. The summed E-state index contributed by atoms with van der Waals surface area (Å²) >= 11 is 3.12. The zero-order valence-electron chi connectivity index (χ0n) is 11.6. The van der Waals surface area contributed by atoms with Crippen LogP contribution in [0.1, 0.15) is 29.8 Å². The van der Waals surface area contributed by atoms with E-state index in [0.717, 1.165) is 6.07 Å². The number of rotatable bonds is 5. The average Bonchev–Trinajstić information content (AvgIpc) is 2.30. The Hall–Kier alpha value is -1.45. The first-order valence-electron chi connectivity index (χ1n) is 5.76. The van der Waals surface area contributed by atoms with Gasteiger partial charge in [-0.2, -0.15) is 4.72 Å². The summed E-state index contributed by atoms with van der Waals surface area (Å²) in [4.78, 5) is 22.0. The lowest BCUT2D eigenvalue weighted by molar-refractivity contribution is -0.122. The van der Waals surface area contributed by atoms with Gasteiger partial charge in [0.25, 0.3) is 0 Å². The summed E-state index contributed by atoms with van der Waals surface area (Å²) in [6.07, 6.45) is 0. The van der Waals surface area contributed by atoms with Crippen LogP contribution in [-0.4, -0.2) is 30.9 Å². The molecule has 0 aliphatic rings. The molecule has 0 bridgehead atoms. The van der Waals surface area contributed by atoms with Crippen molar-refractivity contribution in [3.05, 3.63) is 27.7 Å². The molecule has 116 valence electrons. The lowest BCUT2D eigenvalue weighted by atomic mass is 10.1. The minimum absolute atomic E-state index is 0.190. The van der Waals surface area contributed by atoms with E-state index in [1.54, 1.807) is 0 Å². The first-order chi connectivity index (χ1) is 9.38. The number of carboxylic acid groups (broad SMARTS) is 1. The van der Waals surface area contributed by atoms with Crippen LogP contribution in [-0.2, 0) is 14.8 Å². The van der Waals surface area contributed by atoms with Crippen LogP contribution >= 0.6 is 15.9 Å². The van der Waals surface area contributed by atoms with Crippen LogP contribution in [0.4, 0.5) is 0 Å². The van der Waals surface area contributed by atoms with Gasteiger partial charge in [0.2, 0.25) is 15.9 Å². The maximum atomic E-state index is 12.4. The number of nitrogens with one attached hydrogen (secondary N) is 1. The van der Waals surface area contributed by atoms with Crippen LogP contribution in [0.5, 0.6) is 0 Å². The maximum absolute atomic E-state index is 12.4. The second-order valence-corrected chi connectivity index (χ2v) is 7.49. The average molecular weight is 379 g/mol. The molecule has 4 N–H and O–H groups in total. The lowest BCUT2D eigenvalue weighted by Gasteiger charge is -2.23. The molecule has 0 aliphatic heterocycles. The SMILES string of the molecule is Cc1c(Br)cc(C(=O)O)cc1S(=O)(=O)NC(C)(C)C(N)=O. The maximum Gasteiger partial charge on any atom is 0.335 e. The monoisotopic (exact) mass is 378 g/mol. The molecule has 1 rings (SSSR count). The predicted octanol–water partition coefficient (Wildman–Crippen LogP) is 0.998. The number of sulfonamides is 1. The number of aromatic carboxylic acids is 1. The van der Waals surface area contributed by atoms with Crippen molar-refractivity contribution in [1.29, 1.82) is 0 Å². The lowest BCUT2D eigenvalue weighted by Crippen LogP contribution is -2.52. The molecular formula is C12H15BrN2O5S. The van der Waals surface area contributed by atoms with E-state index in [2.05, 4.69) is 20.7 Å². The predicted molar refractivity (Wildman–Crippen MR) is 79.4 cm³/mol. The van der Waals surface area contributed by atoms with Gasteiger partial charge >= 0.3 is 5.97 Å². The van der Waals surface area contributed by atoms with Gasteiger partial charge in [0.1, 0.15) is 5.54 Å². The van der Waals surface area contributed by atoms with E-state index in [1.165, 1.54) is 26.8 Å². The fourth-order valence-electron chi connectivity index (χ4n) is 1.50. The zero-order chi connectivity index (χ0) is 16.6. The standard InChI is InChI=1S/C12H15BrN2O5S/c1-6-8(13)4-7(10(16)17)5-9(6)21(19,20)15-12(2,3)11(14)18/h4-5,15H,1-3H3,(H2,14,18)(H,16,17). The van der Waals surface area contributed by atoms with E-state index in [-0.39, 0.29) is 10.5 Å². The van der Waals surface area contributed by atoms with E-state index >= 15 is 0 Å². The highest BCUT2D eigenvalue weighted by atomic mass is 79.9. The van der Waals surface area contributed by atoms with Gasteiger partial charge in [-0.3, -0.25) is 4.79 Å². The molecule has 0 aromatic heterocycles. The van der Waals surface area contributed by atoms with Gasteiger partial charge in [-0.25, -0.2) is 13.2 Å². The van der Waals surface area contributed by atoms with E-state index in [9.17, 15) is 18.0 Å². The second-order valence-electron chi connectivity index (χ2n) is 4.98. The third kappa shape index (κ3) is 3.80. The van der Waals surface area contributed by atoms with Crippen LogP contribution < -0.4 is 10.5 Å². The highest BCUT2D eigenvalue weighted by Crippen LogP contribution is 2.26. The van der Waals surface area contributed by atoms with Crippen molar-refractivity contribution in [2.45, 2.75) is 31.2 Å². The molecule has 9 heteroatoms. The molecule has 21 heavy (non-hydrogen) atoms. The molecule has 1 amide bonds. The number of primary amides is 1. The second kappa shape index (κ2) is 5.74. The Balaban J connectivity index is 3.45.